The highest BCUT2D eigenvalue weighted by Crippen LogP contribution is 2.39. The average molecular weight is 565 g/mol. The number of nitrogens with zero attached hydrogens (tertiary/aromatic N) is 2. The highest BCUT2D eigenvalue weighted by Gasteiger charge is 2.27. The maximum absolute atomic E-state index is 13.1. The maximum Gasteiger partial charge on any atom is 0.407 e. The fraction of sp³-hybridized carbons (Fsp3) is 0.593. The third-order valence-electron chi connectivity index (χ3n) is 6.72. The standard InChI is InChI=1S/C27H40N4O5S2/c1-7-29-38(34,35)24-14-19(15-25(32)31(6)17(2)3)8-13-22(24)23-16-28-26(37-23)20-9-11-21(12-10-20)30-27(33)36-18(4)5/h8,13-14,16-18,20-21,29H,7,9-12,15H2,1-6H3,(H,30,33). The molecule has 1 fully saturated rings. The third kappa shape index (κ3) is 7.77. The summed E-state index contributed by atoms with van der Waals surface area (Å²) in [5.74, 6) is 0.187. The monoisotopic (exact) mass is 564 g/mol. The Labute approximate surface area is 230 Å². The first-order valence-corrected chi connectivity index (χ1v) is 15.5. The Morgan fingerprint density at radius 3 is 2.45 bits per heavy atom. The highest BCUT2D eigenvalue weighted by molar-refractivity contribution is 7.89. The average Bonchev–Trinajstić information content (AvgIpc) is 3.33. The van der Waals surface area contributed by atoms with Crippen LogP contribution in [0.2, 0.25) is 0 Å². The molecule has 0 atom stereocenters. The molecular formula is C27H40N4O5S2. The zero-order valence-electron chi connectivity index (χ0n) is 23.1. The van der Waals surface area contributed by atoms with Crippen LogP contribution in [0.3, 0.4) is 0 Å². The molecule has 1 saturated carbocycles. The van der Waals surface area contributed by atoms with Gasteiger partial charge in [-0.3, -0.25) is 4.79 Å². The van der Waals surface area contributed by atoms with E-state index in [1.54, 1.807) is 37.2 Å². The molecule has 38 heavy (non-hydrogen) atoms. The zero-order chi connectivity index (χ0) is 28.0. The Morgan fingerprint density at radius 1 is 1.16 bits per heavy atom. The van der Waals surface area contributed by atoms with Crippen LogP contribution >= 0.6 is 11.3 Å². The van der Waals surface area contributed by atoms with E-state index in [0.717, 1.165) is 35.6 Å². The Kier molecular flexibility index (Phi) is 10.3. The lowest BCUT2D eigenvalue weighted by Crippen LogP contribution is -2.38. The van der Waals surface area contributed by atoms with Crippen molar-refractivity contribution in [3.63, 3.8) is 0 Å². The number of alkyl carbamates (subject to hydrolysis) is 1. The molecule has 2 amide bonds. The van der Waals surface area contributed by atoms with Crippen LogP contribution in [0.5, 0.6) is 0 Å². The zero-order valence-corrected chi connectivity index (χ0v) is 24.7. The lowest BCUT2D eigenvalue weighted by atomic mass is 9.86. The number of hydrogen-bond donors (Lipinski definition) is 2. The van der Waals surface area contributed by atoms with Crippen molar-refractivity contribution in [1.82, 2.24) is 19.9 Å². The third-order valence-corrected chi connectivity index (χ3v) is 9.50. The van der Waals surface area contributed by atoms with Crippen molar-refractivity contribution in [2.75, 3.05) is 13.6 Å². The first-order chi connectivity index (χ1) is 17.9. The largest absolute Gasteiger partial charge is 0.447 e. The van der Waals surface area contributed by atoms with Crippen LogP contribution in [0.4, 0.5) is 4.79 Å². The summed E-state index contributed by atoms with van der Waals surface area (Å²) in [5.41, 5.74) is 1.23. The van der Waals surface area contributed by atoms with E-state index in [1.165, 1.54) is 11.3 Å². The number of hydrogen-bond acceptors (Lipinski definition) is 7. The van der Waals surface area contributed by atoms with Gasteiger partial charge in [-0.05, 0) is 65.0 Å². The molecule has 0 bridgehead atoms. The fourth-order valence-corrected chi connectivity index (χ4v) is 6.96. The van der Waals surface area contributed by atoms with Crippen LogP contribution in [-0.4, -0.2) is 62.1 Å². The van der Waals surface area contributed by atoms with Crippen molar-refractivity contribution in [2.45, 2.75) is 95.7 Å². The number of sulfonamides is 1. The van der Waals surface area contributed by atoms with Gasteiger partial charge in [-0.25, -0.2) is 22.9 Å². The molecule has 0 unspecified atom stereocenters. The van der Waals surface area contributed by atoms with Gasteiger partial charge in [0.15, 0.2) is 0 Å². The second kappa shape index (κ2) is 13.0. The number of likely N-dealkylation sites (N-methyl/N-ethyl adjacent to an activating group) is 1. The maximum atomic E-state index is 13.1. The molecule has 1 aromatic carbocycles. The Balaban J connectivity index is 1.79. The predicted molar refractivity (Wildman–Crippen MR) is 150 cm³/mol. The lowest BCUT2D eigenvalue weighted by Gasteiger charge is -2.28. The van der Waals surface area contributed by atoms with E-state index >= 15 is 0 Å². The van der Waals surface area contributed by atoms with Gasteiger partial charge in [-0.1, -0.05) is 19.1 Å². The summed E-state index contributed by atoms with van der Waals surface area (Å²) < 4.78 is 34.1. The van der Waals surface area contributed by atoms with E-state index in [9.17, 15) is 18.0 Å². The van der Waals surface area contributed by atoms with Gasteiger partial charge in [0.2, 0.25) is 15.9 Å². The summed E-state index contributed by atoms with van der Waals surface area (Å²) in [6.45, 7) is 9.52. The number of nitrogens with one attached hydrogen (secondary N) is 2. The summed E-state index contributed by atoms with van der Waals surface area (Å²) in [4.78, 5) is 31.8. The Morgan fingerprint density at radius 2 is 1.84 bits per heavy atom. The van der Waals surface area contributed by atoms with Crippen LogP contribution < -0.4 is 10.0 Å². The smallest absolute Gasteiger partial charge is 0.407 e. The van der Waals surface area contributed by atoms with Gasteiger partial charge < -0.3 is 15.0 Å². The summed E-state index contributed by atoms with van der Waals surface area (Å²) in [7, 11) is -2.03. The second-order valence-corrected chi connectivity index (χ2v) is 13.1. The number of thiazole rings is 1. The van der Waals surface area contributed by atoms with E-state index in [4.69, 9.17) is 4.74 Å². The van der Waals surface area contributed by atoms with Crippen molar-refractivity contribution in [2.24, 2.45) is 0 Å². The Bertz CT molecular complexity index is 1220. The van der Waals surface area contributed by atoms with Gasteiger partial charge in [0.05, 0.1) is 27.3 Å². The quantitative estimate of drug-likeness (QED) is 0.433. The molecule has 1 aliphatic rings. The van der Waals surface area contributed by atoms with Crippen LogP contribution in [-0.2, 0) is 26.0 Å². The number of carbonyl (C=O) groups excluding carboxylic acids is 2. The molecule has 1 aliphatic carbocycles. The molecule has 0 aliphatic heterocycles. The van der Waals surface area contributed by atoms with Gasteiger partial charge in [0.1, 0.15) is 0 Å². The topological polar surface area (TPSA) is 118 Å². The van der Waals surface area contributed by atoms with Gasteiger partial charge in [-0.15, -0.1) is 11.3 Å². The minimum absolute atomic E-state index is 0.0575. The van der Waals surface area contributed by atoms with Crippen molar-refractivity contribution < 1.29 is 22.7 Å². The molecule has 1 aromatic heterocycles. The SMILES string of the molecule is CCNS(=O)(=O)c1cc(CC(=O)N(C)C(C)C)ccc1-c1cnc(C2CCC(NC(=O)OC(C)C)CC2)s1. The minimum Gasteiger partial charge on any atom is -0.447 e. The molecule has 0 spiro atoms. The highest BCUT2D eigenvalue weighted by atomic mass is 32.2. The van der Waals surface area contributed by atoms with Gasteiger partial charge in [0, 0.05) is 43.4 Å². The fourth-order valence-electron chi connectivity index (χ4n) is 4.46. The molecule has 2 N–H and O–H groups in total. The molecule has 3 rings (SSSR count). The van der Waals surface area contributed by atoms with Gasteiger partial charge in [0.25, 0.3) is 0 Å². The van der Waals surface area contributed by atoms with Crippen LogP contribution in [0.15, 0.2) is 29.3 Å². The number of carbonyl (C=O) groups is 2. The number of benzene rings is 1. The van der Waals surface area contributed by atoms with Crippen molar-refractivity contribution >= 4 is 33.4 Å². The predicted octanol–water partition coefficient (Wildman–Crippen LogP) is 4.68. The molecule has 0 radical (unpaired) electrons. The van der Waals surface area contributed by atoms with Crippen molar-refractivity contribution in [1.29, 1.82) is 0 Å². The summed E-state index contributed by atoms with van der Waals surface area (Å²) in [5, 5.41) is 3.91. The molecule has 210 valence electrons. The van der Waals surface area contributed by atoms with E-state index < -0.39 is 10.0 Å². The lowest BCUT2D eigenvalue weighted by molar-refractivity contribution is -0.130. The molecule has 11 heteroatoms. The van der Waals surface area contributed by atoms with Crippen molar-refractivity contribution in [3.8, 4) is 10.4 Å². The summed E-state index contributed by atoms with van der Waals surface area (Å²) in [6, 6.07) is 5.34. The van der Waals surface area contributed by atoms with Crippen LogP contribution in [0, 0.1) is 0 Å². The van der Waals surface area contributed by atoms with Gasteiger partial charge >= 0.3 is 6.09 Å². The number of rotatable bonds is 10. The summed E-state index contributed by atoms with van der Waals surface area (Å²) in [6.07, 6.45) is 4.76. The van der Waals surface area contributed by atoms with Crippen LogP contribution in [0.25, 0.3) is 10.4 Å². The number of amides is 2. The van der Waals surface area contributed by atoms with Crippen molar-refractivity contribution in [3.05, 3.63) is 35.0 Å². The molecular weight excluding hydrogens is 524 g/mol. The van der Waals surface area contributed by atoms with E-state index in [0.29, 0.717) is 11.1 Å². The first-order valence-electron chi connectivity index (χ1n) is 13.2. The van der Waals surface area contributed by atoms with E-state index in [-0.39, 0.29) is 54.0 Å². The second-order valence-electron chi connectivity index (χ2n) is 10.3. The summed E-state index contributed by atoms with van der Waals surface area (Å²) >= 11 is 1.50. The van der Waals surface area contributed by atoms with E-state index in [2.05, 4.69) is 15.0 Å². The number of ether oxygens (including phenoxy) is 1. The Hall–Kier alpha value is -2.50. The minimum atomic E-state index is -3.78. The number of aromatic nitrogens is 1. The van der Waals surface area contributed by atoms with E-state index in [1.807, 2.05) is 33.8 Å². The molecule has 0 saturated heterocycles. The first kappa shape index (κ1) is 30.0. The molecule has 2 aromatic rings. The molecule has 9 nitrogen and oxygen atoms in total. The molecule has 1 heterocycles. The normalized spacial score (nSPS) is 18.0. The van der Waals surface area contributed by atoms with Gasteiger partial charge in [-0.2, -0.15) is 0 Å². The van der Waals surface area contributed by atoms with Crippen LogP contribution in [0.1, 0.15) is 76.8 Å².